The van der Waals surface area contributed by atoms with E-state index >= 15 is 0 Å². The van der Waals surface area contributed by atoms with Gasteiger partial charge in [0.25, 0.3) is 0 Å². The summed E-state index contributed by atoms with van der Waals surface area (Å²) in [6.45, 7) is 4.13. The molecule has 0 saturated carbocycles. The molecule has 1 aliphatic rings. The highest BCUT2D eigenvalue weighted by molar-refractivity contribution is 6.03. The number of benzene rings is 3. The molecule has 0 aliphatic carbocycles. The number of hydrogen-bond donors (Lipinski definition) is 3. The van der Waals surface area contributed by atoms with E-state index in [1.54, 1.807) is 24.3 Å². The number of nitrogens with two attached hydrogens (primary N) is 1. The predicted octanol–water partition coefficient (Wildman–Crippen LogP) is 4.42. The van der Waals surface area contributed by atoms with E-state index in [-0.39, 0.29) is 11.7 Å². The van der Waals surface area contributed by atoms with Crippen LogP contribution in [0, 0.1) is 5.82 Å². The molecule has 4 N–H and O–H groups in total. The maximum atomic E-state index is 14.7. The first-order valence-electron chi connectivity index (χ1n) is 11.4. The first-order valence-corrected chi connectivity index (χ1v) is 11.4. The van der Waals surface area contributed by atoms with Gasteiger partial charge in [-0.15, -0.1) is 0 Å². The van der Waals surface area contributed by atoms with Crippen molar-refractivity contribution in [3.8, 4) is 0 Å². The van der Waals surface area contributed by atoms with Gasteiger partial charge in [-0.1, -0.05) is 36.4 Å². The maximum absolute atomic E-state index is 14.7. The van der Waals surface area contributed by atoms with Gasteiger partial charge in [0.2, 0.25) is 5.91 Å². The van der Waals surface area contributed by atoms with Crippen LogP contribution in [0.4, 0.5) is 27.1 Å². The van der Waals surface area contributed by atoms with E-state index in [1.807, 2.05) is 48.5 Å². The van der Waals surface area contributed by atoms with Crippen molar-refractivity contribution >= 4 is 34.7 Å². The zero-order valence-corrected chi connectivity index (χ0v) is 19.3. The Labute approximate surface area is 199 Å². The number of nitrogen functional groups attached to an aromatic ring is 1. The van der Waals surface area contributed by atoms with Crippen molar-refractivity contribution in [1.29, 1.82) is 0 Å². The summed E-state index contributed by atoms with van der Waals surface area (Å²) < 4.78 is 14.7. The third kappa shape index (κ3) is 6.14. The van der Waals surface area contributed by atoms with Gasteiger partial charge in [-0.25, -0.2) is 4.39 Å². The Balaban J connectivity index is 1.29. The monoisotopic (exact) mass is 459 g/mol. The lowest BCUT2D eigenvalue weighted by molar-refractivity contribution is -0.111. The molecule has 0 unspecified atom stereocenters. The fourth-order valence-electron chi connectivity index (χ4n) is 3.83. The third-order valence-electron chi connectivity index (χ3n) is 5.91. The first-order chi connectivity index (χ1) is 16.5. The molecule has 176 valence electrons. The van der Waals surface area contributed by atoms with Crippen LogP contribution in [0.2, 0.25) is 0 Å². The number of anilines is 4. The normalized spacial score (nSPS) is 14.4. The Bertz CT molecular complexity index is 1150. The number of likely N-dealkylation sites (N-methyl/N-ethyl adjacent to an activating group) is 1. The number of halogens is 1. The van der Waals surface area contributed by atoms with Crippen LogP contribution in [-0.4, -0.2) is 44.0 Å². The van der Waals surface area contributed by atoms with E-state index in [1.165, 1.54) is 6.08 Å². The molecule has 1 heterocycles. The molecule has 0 aromatic heterocycles. The molecule has 1 fully saturated rings. The number of rotatable bonds is 7. The molecule has 1 aliphatic heterocycles. The van der Waals surface area contributed by atoms with Crippen molar-refractivity contribution in [2.24, 2.45) is 0 Å². The average molecular weight is 460 g/mol. The van der Waals surface area contributed by atoms with Gasteiger partial charge < -0.3 is 26.2 Å². The molecule has 3 aromatic rings. The van der Waals surface area contributed by atoms with Crippen LogP contribution >= 0.6 is 0 Å². The predicted molar refractivity (Wildman–Crippen MR) is 138 cm³/mol. The van der Waals surface area contributed by atoms with Gasteiger partial charge in [0.05, 0.1) is 17.1 Å². The number of carbonyl (C=O) groups is 1. The number of para-hydroxylation sites is 2. The van der Waals surface area contributed by atoms with Gasteiger partial charge in [-0.05, 0) is 54.6 Å². The van der Waals surface area contributed by atoms with Crippen LogP contribution in [0.1, 0.15) is 11.1 Å². The second-order valence-corrected chi connectivity index (χ2v) is 8.46. The molecular formula is C27H30FN5O. The molecule has 0 bridgehead atoms. The molecule has 7 heteroatoms. The summed E-state index contributed by atoms with van der Waals surface area (Å²) in [5.74, 6) is -0.448. The van der Waals surface area contributed by atoms with Crippen molar-refractivity contribution in [2.75, 3.05) is 54.5 Å². The number of nitrogens with zero attached hydrogens (tertiary/aromatic N) is 2. The Kier molecular flexibility index (Phi) is 7.44. The Morgan fingerprint density at radius 3 is 2.47 bits per heavy atom. The van der Waals surface area contributed by atoms with Crippen LogP contribution in [0.5, 0.6) is 0 Å². The average Bonchev–Trinajstić information content (AvgIpc) is 2.84. The van der Waals surface area contributed by atoms with Crippen molar-refractivity contribution in [1.82, 2.24) is 4.90 Å². The quantitative estimate of drug-likeness (QED) is 0.360. The summed E-state index contributed by atoms with van der Waals surface area (Å²) in [4.78, 5) is 16.5. The number of carbonyl (C=O) groups excluding carboxylic acids is 1. The smallest absolute Gasteiger partial charge is 0.248 e. The molecule has 0 atom stereocenters. The molecular weight excluding hydrogens is 429 g/mol. The fourth-order valence-corrected chi connectivity index (χ4v) is 3.83. The summed E-state index contributed by atoms with van der Waals surface area (Å²) in [6, 6.07) is 20.3. The molecule has 3 aromatic carbocycles. The molecule has 1 amide bonds. The first kappa shape index (κ1) is 23.3. The van der Waals surface area contributed by atoms with Gasteiger partial charge in [0, 0.05) is 44.5 Å². The highest BCUT2D eigenvalue weighted by Crippen LogP contribution is 2.24. The summed E-state index contributed by atoms with van der Waals surface area (Å²) in [5.41, 5.74) is 10.3. The molecule has 4 rings (SSSR count). The lowest BCUT2D eigenvalue weighted by Crippen LogP contribution is -2.44. The lowest BCUT2D eigenvalue weighted by atomic mass is 10.1. The number of nitrogens with one attached hydrogen (secondary N) is 2. The molecule has 34 heavy (non-hydrogen) atoms. The van der Waals surface area contributed by atoms with E-state index in [2.05, 4.69) is 27.5 Å². The van der Waals surface area contributed by atoms with Crippen molar-refractivity contribution in [3.05, 3.63) is 89.8 Å². The van der Waals surface area contributed by atoms with Gasteiger partial charge in [0.1, 0.15) is 5.82 Å². The molecule has 0 radical (unpaired) electrons. The van der Waals surface area contributed by atoms with Crippen LogP contribution < -0.4 is 21.3 Å². The second-order valence-electron chi connectivity index (χ2n) is 8.46. The minimum Gasteiger partial charge on any atom is -0.397 e. The fraction of sp³-hybridized carbons (Fsp3) is 0.222. The van der Waals surface area contributed by atoms with Crippen LogP contribution in [0.25, 0.3) is 6.08 Å². The van der Waals surface area contributed by atoms with Crippen molar-refractivity contribution < 1.29 is 9.18 Å². The SMILES string of the molecule is CN1CCN(c2ccc(NCc3ccc(/C=C\C(=O)Nc4ccccc4N)cc3)cc2F)CC1. The molecule has 6 nitrogen and oxygen atoms in total. The van der Waals surface area contributed by atoms with Gasteiger partial charge in [-0.2, -0.15) is 0 Å². The van der Waals surface area contributed by atoms with Gasteiger partial charge in [-0.3, -0.25) is 4.79 Å². The highest BCUT2D eigenvalue weighted by atomic mass is 19.1. The summed E-state index contributed by atoms with van der Waals surface area (Å²) in [7, 11) is 2.09. The van der Waals surface area contributed by atoms with Gasteiger partial charge >= 0.3 is 0 Å². The second kappa shape index (κ2) is 10.9. The third-order valence-corrected chi connectivity index (χ3v) is 5.91. The van der Waals surface area contributed by atoms with Crippen LogP contribution in [-0.2, 0) is 11.3 Å². The zero-order valence-electron chi connectivity index (χ0n) is 19.3. The Hall–Kier alpha value is -3.84. The van der Waals surface area contributed by atoms with E-state index in [4.69, 9.17) is 5.73 Å². The number of hydrogen-bond acceptors (Lipinski definition) is 5. The lowest BCUT2D eigenvalue weighted by Gasteiger charge is -2.34. The van der Waals surface area contributed by atoms with E-state index in [9.17, 15) is 9.18 Å². The summed E-state index contributed by atoms with van der Waals surface area (Å²) in [6.07, 6.45) is 3.22. The van der Waals surface area contributed by atoms with E-state index in [0.717, 1.165) is 43.0 Å². The molecule has 1 saturated heterocycles. The number of piperazine rings is 1. The van der Waals surface area contributed by atoms with E-state index in [0.29, 0.717) is 23.6 Å². The standard InChI is InChI=1S/C27H30FN5O/c1-32-14-16-33(17-15-32)26-12-11-22(18-23(26)28)30-19-21-8-6-20(7-9-21)10-13-27(34)31-25-5-3-2-4-24(25)29/h2-13,18,30H,14-17,19,29H2,1H3,(H,31,34)/b13-10-. The zero-order chi connectivity index (χ0) is 23.9. The largest absolute Gasteiger partial charge is 0.397 e. The molecule has 0 spiro atoms. The Morgan fingerprint density at radius 2 is 1.76 bits per heavy atom. The van der Waals surface area contributed by atoms with Crippen LogP contribution in [0.3, 0.4) is 0 Å². The van der Waals surface area contributed by atoms with Gasteiger partial charge in [0.15, 0.2) is 0 Å². The topological polar surface area (TPSA) is 73.6 Å². The maximum Gasteiger partial charge on any atom is 0.248 e. The summed E-state index contributed by atoms with van der Waals surface area (Å²) in [5, 5.41) is 6.05. The highest BCUT2D eigenvalue weighted by Gasteiger charge is 2.17. The van der Waals surface area contributed by atoms with E-state index < -0.39 is 0 Å². The number of amides is 1. The van der Waals surface area contributed by atoms with Crippen molar-refractivity contribution in [2.45, 2.75) is 6.54 Å². The van der Waals surface area contributed by atoms with Crippen molar-refractivity contribution in [3.63, 3.8) is 0 Å². The minimum absolute atomic E-state index is 0.203. The minimum atomic E-state index is -0.245. The Morgan fingerprint density at radius 1 is 1.03 bits per heavy atom. The summed E-state index contributed by atoms with van der Waals surface area (Å²) >= 11 is 0. The van der Waals surface area contributed by atoms with Crippen LogP contribution in [0.15, 0.2) is 72.8 Å².